The first-order chi connectivity index (χ1) is 9.06. The fourth-order valence-electron chi connectivity index (χ4n) is 1.49. The van der Waals surface area contributed by atoms with E-state index < -0.39 is 0 Å². The Balaban J connectivity index is 2.10. The summed E-state index contributed by atoms with van der Waals surface area (Å²) in [7, 11) is 0. The standard InChI is InChI=1S/C13H16BrN3O2/c1-8(2)18-7-11(15)12-16-13(19-17-12)9-4-3-5-10(14)6-9/h3-6,8,11H,7,15H2,1-2H3. The molecule has 2 aromatic rings. The molecule has 0 bridgehead atoms. The lowest BCUT2D eigenvalue weighted by molar-refractivity contribution is 0.0665. The van der Waals surface area contributed by atoms with Crippen molar-refractivity contribution in [3.63, 3.8) is 0 Å². The van der Waals surface area contributed by atoms with E-state index in [4.69, 9.17) is 15.0 Å². The summed E-state index contributed by atoms with van der Waals surface area (Å²) in [5.41, 5.74) is 6.80. The molecular weight excluding hydrogens is 310 g/mol. The Kier molecular flexibility index (Phi) is 4.68. The highest BCUT2D eigenvalue weighted by molar-refractivity contribution is 9.10. The number of aromatic nitrogens is 2. The van der Waals surface area contributed by atoms with Crippen LogP contribution >= 0.6 is 15.9 Å². The van der Waals surface area contributed by atoms with Gasteiger partial charge in [-0.3, -0.25) is 0 Å². The number of nitrogens with two attached hydrogens (primary N) is 1. The van der Waals surface area contributed by atoms with E-state index >= 15 is 0 Å². The molecule has 19 heavy (non-hydrogen) atoms. The van der Waals surface area contributed by atoms with Crippen molar-refractivity contribution >= 4 is 15.9 Å². The molecule has 0 amide bonds. The minimum atomic E-state index is -0.382. The molecule has 2 N–H and O–H groups in total. The van der Waals surface area contributed by atoms with E-state index in [1.165, 1.54) is 0 Å². The topological polar surface area (TPSA) is 74.2 Å². The first-order valence-corrected chi connectivity index (χ1v) is 6.82. The van der Waals surface area contributed by atoms with Gasteiger partial charge in [-0.05, 0) is 32.0 Å². The van der Waals surface area contributed by atoms with Crippen molar-refractivity contribution in [3.8, 4) is 11.5 Å². The molecule has 6 heteroatoms. The third kappa shape index (κ3) is 3.86. The second-order valence-corrected chi connectivity index (χ2v) is 5.37. The van der Waals surface area contributed by atoms with Crippen LogP contribution in [0.2, 0.25) is 0 Å². The highest BCUT2D eigenvalue weighted by atomic mass is 79.9. The maximum atomic E-state index is 5.95. The number of halogens is 1. The van der Waals surface area contributed by atoms with Crippen molar-refractivity contribution < 1.29 is 9.26 Å². The first kappa shape index (κ1) is 14.2. The summed E-state index contributed by atoms with van der Waals surface area (Å²) in [6.07, 6.45) is 0.127. The van der Waals surface area contributed by atoms with Crippen LogP contribution in [0.4, 0.5) is 0 Å². The molecule has 1 aromatic carbocycles. The normalized spacial score (nSPS) is 12.9. The van der Waals surface area contributed by atoms with Crippen molar-refractivity contribution in [1.82, 2.24) is 10.1 Å². The van der Waals surface area contributed by atoms with E-state index in [0.29, 0.717) is 18.3 Å². The van der Waals surface area contributed by atoms with Crippen LogP contribution in [0.25, 0.3) is 11.5 Å². The molecule has 1 unspecified atom stereocenters. The molecule has 102 valence electrons. The summed E-state index contributed by atoms with van der Waals surface area (Å²) in [6, 6.07) is 7.27. The van der Waals surface area contributed by atoms with Crippen LogP contribution in [0.1, 0.15) is 25.7 Å². The second-order valence-electron chi connectivity index (χ2n) is 4.46. The smallest absolute Gasteiger partial charge is 0.258 e. The van der Waals surface area contributed by atoms with Crippen LogP contribution in [-0.4, -0.2) is 22.9 Å². The van der Waals surface area contributed by atoms with Crippen LogP contribution in [-0.2, 0) is 4.74 Å². The predicted octanol–water partition coefficient (Wildman–Crippen LogP) is 2.92. The Morgan fingerprint density at radius 2 is 2.21 bits per heavy atom. The minimum absolute atomic E-state index is 0.127. The summed E-state index contributed by atoms with van der Waals surface area (Å²) in [5, 5.41) is 3.89. The highest BCUT2D eigenvalue weighted by Crippen LogP contribution is 2.22. The number of hydrogen-bond acceptors (Lipinski definition) is 5. The lowest BCUT2D eigenvalue weighted by Gasteiger charge is -2.10. The highest BCUT2D eigenvalue weighted by Gasteiger charge is 2.16. The SMILES string of the molecule is CC(C)OCC(N)c1noc(-c2cccc(Br)c2)n1. The molecule has 0 saturated carbocycles. The predicted molar refractivity (Wildman–Crippen MR) is 75.5 cm³/mol. The molecule has 2 rings (SSSR count). The number of benzene rings is 1. The van der Waals surface area contributed by atoms with Gasteiger partial charge in [0, 0.05) is 10.0 Å². The molecule has 5 nitrogen and oxygen atoms in total. The van der Waals surface area contributed by atoms with Gasteiger partial charge in [0.25, 0.3) is 5.89 Å². The number of nitrogens with zero attached hydrogens (tertiary/aromatic N) is 2. The summed E-state index contributed by atoms with van der Waals surface area (Å²) >= 11 is 3.40. The molecule has 1 aromatic heterocycles. The maximum absolute atomic E-state index is 5.95. The van der Waals surface area contributed by atoms with Gasteiger partial charge in [-0.2, -0.15) is 4.98 Å². The van der Waals surface area contributed by atoms with Crippen molar-refractivity contribution in [1.29, 1.82) is 0 Å². The van der Waals surface area contributed by atoms with Crippen molar-refractivity contribution in [2.24, 2.45) is 5.73 Å². The van der Waals surface area contributed by atoms with E-state index in [-0.39, 0.29) is 12.1 Å². The number of ether oxygens (including phenoxy) is 1. The molecule has 0 radical (unpaired) electrons. The Bertz CT molecular complexity index is 542. The van der Waals surface area contributed by atoms with E-state index in [0.717, 1.165) is 10.0 Å². The number of hydrogen-bond donors (Lipinski definition) is 1. The third-order valence-corrected chi connectivity index (χ3v) is 2.95. The van der Waals surface area contributed by atoms with Gasteiger partial charge in [-0.25, -0.2) is 0 Å². The van der Waals surface area contributed by atoms with Gasteiger partial charge in [0.05, 0.1) is 18.8 Å². The summed E-state index contributed by atoms with van der Waals surface area (Å²) in [4.78, 5) is 4.30. The van der Waals surface area contributed by atoms with Crippen molar-refractivity contribution in [3.05, 3.63) is 34.6 Å². The Labute approximate surface area is 120 Å². The summed E-state index contributed by atoms with van der Waals surface area (Å²) < 4.78 is 11.6. The lowest BCUT2D eigenvalue weighted by Crippen LogP contribution is -2.20. The monoisotopic (exact) mass is 325 g/mol. The van der Waals surface area contributed by atoms with Crippen LogP contribution < -0.4 is 5.73 Å². The summed E-state index contributed by atoms with van der Waals surface area (Å²) in [5.74, 6) is 0.909. The Hall–Kier alpha value is -1.24. The largest absolute Gasteiger partial charge is 0.377 e. The average Bonchev–Trinajstić information content (AvgIpc) is 2.85. The molecule has 0 aliphatic rings. The lowest BCUT2D eigenvalue weighted by atomic mass is 10.2. The fraction of sp³-hybridized carbons (Fsp3) is 0.385. The zero-order valence-corrected chi connectivity index (χ0v) is 12.4. The molecule has 0 spiro atoms. The van der Waals surface area contributed by atoms with Gasteiger partial charge >= 0.3 is 0 Å². The van der Waals surface area contributed by atoms with Crippen LogP contribution in [0.5, 0.6) is 0 Å². The van der Waals surface area contributed by atoms with Crippen LogP contribution in [0, 0.1) is 0 Å². The molecule has 0 saturated heterocycles. The molecule has 1 heterocycles. The van der Waals surface area contributed by atoms with Crippen molar-refractivity contribution in [2.75, 3.05) is 6.61 Å². The third-order valence-electron chi connectivity index (χ3n) is 2.45. The second kappa shape index (κ2) is 6.27. The average molecular weight is 326 g/mol. The number of rotatable bonds is 5. The van der Waals surface area contributed by atoms with E-state index in [1.807, 2.05) is 38.1 Å². The van der Waals surface area contributed by atoms with Gasteiger partial charge in [0.15, 0.2) is 5.82 Å². The molecular formula is C13H16BrN3O2. The van der Waals surface area contributed by atoms with Crippen LogP contribution in [0.3, 0.4) is 0 Å². The minimum Gasteiger partial charge on any atom is -0.377 e. The molecule has 0 aliphatic carbocycles. The van der Waals surface area contributed by atoms with Gasteiger partial charge in [-0.15, -0.1) is 0 Å². The molecule has 1 atom stereocenters. The molecule has 0 aliphatic heterocycles. The van der Waals surface area contributed by atoms with E-state index in [1.54, 1.807) is 0 Å². The van der Waals surface area contributed by atoms with E-state index in [2.05, 4.69) is 26.1 Å². The molecule has 0 fully saturated rings. The first-order valence-electron chi connectivity index (χ1n) is 6.03. The Morgan fingerprint density at radius 1 is 1.42 bits per heavy atom. The van der Waals surface area contributed by atoms with Gasteiger partial charge in [0.2, 0.25) is 0 Å². The zero-order chi connectivity index (χ0) is 13.8. The van der Waals surface area contributed by atoms with Crippen LogP contribution in [0.15, 0.2) is 33.3 Å². The fourth-order valence-corrected chi connectivity index (χ4v) is 1.89. The maximum Gasteiger partial charge on any atom is 0.258 e. The zero-order valence-electron chi connectivity index (χ0n) is 10.8. The Morgan fingerprint density at radius 3 is 2.89 bits per heavy atom. The van der Waals surface area contributed by atoms with Crippen molar-refractivity contribution in [2.45, 2.75) is 26.0 Å². The van der Waals surface area contributed by atoms with Gasteiger partial charge in [-0.1, -0.05) is 27.2 Å². The summed E-state index contributed by atoms with van der Waals surface area (Å²) in [6.45, 7) is 4.28. The van der Waals surface area contributed by atoms with Gasteiger partial charge < -0.3 is 15.0 Å². The quantitative estimate of drug-likeness (QED) is 0.914. The van der Waals surface area contributed by atoms with Gasteiger partial charge in [0.1, 0.15) is 0 Å². The van der Waals surface area contributed by atoms with E-state index in [9.17, 15) is 0 Å².